The first kappa shape index (κ1) is 21.7. The minimum absolute atomic E-state index is 0.315. The van der Waals surface area contributed by atoms with Crippen LogP contribution in [0.3, 0.4) is 0 Å². The lowest BCUT2D eigenvalue weighted by atomic mass is 10.1. The van der Waals surface area contributed by atoms with Gasteiger partial charge in [-0.05, 0) is 61.5 Å². The molecule has 0 N–H and O–H groups in total. The van der Waals surface area contributed by atoms with Gasteiger partial charge in [0, 0.05) is 31.7 Å². The van der Waals surface area contributed by atoms with E-state index in [4.69, 9.17) is 4.74 Å². The molecule has 2 aromatic carbocycles. The first-order valence-corrected chi connectivity index (χ1v) is 12.8. The number of fused-ring (bicyclic) bond motifs is 1. The van der Waals surface area contributed by atoms with Gasteiger partial charge in [0.05, 0.1) is 32.9 Å². The van der Waals surface area contributed by atoms with Crippen LogP contribution in [-0.4, -0.2) is 61.2 Å². The minimum Gasteiger partial charge on any atom is -0.497 e. The van der Waals surface area contributed by atoms with Crippen LogP contribution in [0.4, 0.5) is 5.82 Å². The van der Waals surface area contributed by atoms with Gasteiger partial charge in [0.2, 0.25) is 10.0 Å². The molecular formula is C23H23N5O3S2. The van der Waals surface area contributed by atoms with Gasteiger partial charge in [-0.3, -0.25) is 0 Å². The molecule has 0 radical (unpaired) electrons. The van der Waals surface area contributed by atoms with Crippen molar-refractivity contribution in [3.63, 3.8) is 0 Å². The summed E-state index contributed by atoms with van der Waals surface area (Å²) in [6.07, 6.45) is 0. The SMILES string of the molecule is COc1ccc(-c2ccc(N3CCN(S(=O)(=O)c4ccc5nc(C)sc5c4)CC3)nn2)cc1. The van der Waals surface area contributed by atoms with Gasteiger partial charge in [-0.25, -0.2) is 13.4 Å². The van der Waals surface area contributed by atoms with Crippen molar-refractivity contribution in [2.45, 2.75) is 11.8 Å². The lowest BCUT2D eigenvalue weighted by molar-refractivity contribution is 0.383. The average Bonchev–Trinajstić information content (AvgIpc) is 3.23. The molecule has 0 unspecified atom stereocenters. The van der Waals surface area contributed by atoms with Crippen molar-refractivity contribution < 1.29 is 13.2 Å². The number of methoxy groups -OCH3 is 1. The molecule has 0 amide bonds. The zero-order valence-corrected chi connectivity index (χ0v) is 19.9. The molecule has 1 aliphatic rings. The topological polar surface area (TPSA) is 88.5 Å². The second-order valence-electron chi connectivity index (χ2n) is 7.76. The fraction of sp³-hybridized carbons (Fsp3) is 0.261. The van der Waals surface area contributed by atoms with Crippen molar-refractivity contribution in [1.82, 2.24) is 19.5 Å². The third-order valence-electron chi connectivity index (χ3n) is 5.70. The molecule has 170 valence electrons. The van der Waals surface area contributed by atoms with Crippen molar-refractivity contribution in [3.8, 4) is 17.0 Å². The summed E-state index contributed by atoms with van der Waals surface area (Å²) in [6.45, 7) is 3.81. The third-order valence-corrected chi connectivity index (χ3v) is 8.53. The summed E-state index contributed by atoms with van der Waals surface area (Å²) < 4.78 is 34.0. The molecule has 0 saturated carbocycles. The Bertz CT molecular complexity index is 1380. The van der Waals surface area contributed by atoms with E-state index >= 15 is 0 Å². The van der Waals surface area contributed by atoms with Gasteiger partial charge in [0.1, 0.15) is 5.75 Å². The number of thiazole rings is 1. The van der Waals surface area contributed by atoms with Gasteiger partial charge in [0.25, 0.3) is 0 Å². The number of nitrogens with zero attached hydrogens (tertiary/aromatic N) is 5. The monoisotopic (exact) mass is 481 g/mol. The molecule has 1 fully saturated rings. The van der Waals surface area contributed by atoms with E-state index in [1.807, 2.05) is 43.3 Å². The second-order valence-corrected chi connectivity index (χ2v) is 10.9. The number of sulfonamides is 1. The maximum atomic E-state index is 13.2. The molecule has 2 aromatic heterocycles. The smallest absolute Gasteiger partial charge is 0.243 e. The highest BCUT2D eigenvalue weighted by atomic mass is 32.2. The van der Waals surface area contributed by atoms with Crippen LogP contribution in [0, 0.1) is 6.92 Å². The number of anilines is 1. The predicted octanol–water partition coefficient (Wildman–Crippen LogP) is 3.58. The maximum Gasteiger partial charge on any atom is 0.243 e. The van der Waals surface area contributed by atoms with E-state index in [9.17, 15) is 8.42 Å². The number of benzene rings is 2. The average molecular weight is 482 g/mol. The molecular weight excluding hydrogens is 458 g/mol. The Morgan fingerprint density at radius 2 is 1.70 bits per heavy atom. The molecule has 0 bridgehead atoms. The lowest BCUT2D eigenvalue weighted by Gasteiger charge is -2.34. The van der Waals surface area contributed by atoms with Crippen LogP contribution >= 0.6 is 11.3 Å². The van der Waals surface area contributed by atoms with Crippen LogP contribution in [0.5, 0.6) is 5.75 Å². The zero-order valence-electron chi connectivity index (χ0n) is 18.3. The van der Waals surface area contributed by atoms with Gasteiger partial charge in [-0.1, -0.05) is 0 Å². The molecule has 0 spiro atoms. The Labute approximate surface area is 196 Å². The first-order chi connectivity index (χ1) is 15.9. The quantitative estimate of drug-likeness (QED) is 0.430. The van der Waals surface area contributed by atoms with Crippen LogP contribution < -0.4 is 9.64 Å². The Morgan fingerprint density at radius 1 is 0.939 bits per heavy atom. The summed E-state index contributed by atoms with van der Waals surface area (Å²) in [7, 11) is -1.92. The van der Waals surface area contributed by atoms with Gasteiger partial charge < -0.3 is 9.64 Å². The maximum absolute atomic E-state index is 13.2. The van der Waals surface area contributed by atoms with Gasteiger partial charge >= 0.3 is 0 Å². The van der Waals surface area contributed by atoms with Gasteiger partial charge in [0.15, 0.2) is 5.82 Å². The fourth-order valence-corrected chi connectivity index (χ4v) is 6.29. The van der Waals surface area contributed by atoms with E-state index in [1.54, 1.807) is 25.3 Å². The summed E-state index contributed by atoms with van der Waals surface area (Å²) in [6, 6.07) is 16.7. The fourth-order valence-electron chi connectivity index (χ4n) is 3.90. The first-order valence-electron chi connectivity index (χ1n) is 10.5. The Balaban J connectivity index is 1.27. The highest BCUT2D eigenvalue weighted by Gasteiger charge is 2.29. The molecule has 4 aromatic rings. The van der Waals surface area contributed by atoms with E-state index in [2.05, 4.69) is 20.1 Å². The largest absolute Gasteiger partial charge is 0.497 e. The summed E-state index contributed by atoms with van der Waals surface area (Å²) in [5.74, 6) is 1.53. The molecule has 10 heteroatoms. The van der Waals surface area contributed by atoms with Crippen molar-refractivity contribution in [2.75, 3.05) is 38.2 Å². The van der Waals surface area contributed by atoms with E-state index in [-0.39, 0.29) is 0 Å². The van der Waals surface area contributed by atoms with Crippen LogP contribution in [0.1, 0.15) is 5.01 Å². The molecule has 33 heavy (non-hydrogen) atoms. The summed E-state index contributed by atoms with van der Waals surface area (Å²) in [5.41, 5.74) is 2.56. The summed E-state index contributed by atoms with van der Waals surface area (Å²) in [5, 5.41) is 9.65. The van der Waals surface area contributed by atoms with Crippen molar-refractivity contribution in [1.29, 1.82) is 0 Å². The van der Waals surface area contributed by atoms with E-state index in [1.165, 1.54) is 15.6 Å². The zero-order chi connectivity index (χ0) is 23.0. The Hall–Kier alpha value is -3.08. The molecule has 1 saturated heterocycles. The highest BCUT2D eigenvalue weighted by molar-refractivity contribution is 7.89. The van der Waals surface area contributed by atoms with E-state index in [0.717, 1.165) is 38.0 Å². The standard InChI is InChI=1S/C23H23N5O3S2/c1-16-24-21-8-7-19(15-22(21)32-16)33(29,30)28-13-11-27(12-14-28)23-10-9-20(25-26-23)17-3-5-18(31-2)6-4-17/h3-10,15H,11-14H2,1-2H3. The number of piperazine rings is 1. The van der Waals surface area contributed by atoms with Gasteiger partial charge in [-0.2, -0.15) is 4.31 Å². The number of aromatic nitrogens is 3. The summed E-state index contributed by atoms with van der Waals surface area (Å²) in [4.78, 5) is 6.79. The molecule has 3 heterocycles. The molecule has 8 nitrogen and oxygen atoms in total. The van der Waals surface area contributed by atoms with Crippen LogP contribution in [-0.2, 0) is 10.0 Å². The second kappa shape index (κ2) is 8.69. The normalized spacial score (nSPS) is 15.2. The molecule has 5 rings (SSSR count). The van der Waals surface area contributed by atoms with E-state index < -0.39 is 10.0 Å². The number of ether oxygens (including phenoxy) is 1. The Morgan fingerprint density at radius 3 is 2.36 bits per heavy atom. The number of rotatable bonds is 5. The summed E-state index contributed by atoms with van der Waals surface area (Å²) >= 11 is 1.50. The van der Waals surface area contributed by atoms with Crippen LogP contribution in [0.25, 0.3) is 21.5 Å². The van der Waals surface area contributed by atoms with Gasteiger partial charge in [-0.15, -0.1) is 21.5 Å². The predicted molar refractivity (Wildman–Crippen MR) is 129 cm³/mol. The van der Waals surface area contributed by atoms with Crippen molar-refractivity contribution in [3.05, 3.63) is 59.6 Å². The van der Waals surface area contributed by atoms with Crippen molar-refractivity contribution >= 4 is 37.4 Å². The molecule has 0 aliphatic carbocycles. The molecule has 0 atom stereocenters. The number of hydrogen-bond acceptors (Lipinski definition) is 8. The Kier molecular flexibility index (Phi) is 5.73. The van der Waals surface area contributed by atoms with E-state index in [0.29, 0.717) is 31.1 Å². The lowest BCUT2D eigenvalue weighted by Crippen LogP contribution is -2.48. The minimum atomic E-state index is -3.56. The number of hydrogen-bond donors (Lipinski definition) is 0. The third kappa shape index (κ3) is 4.29. The molecule has 1 aliphatic heterocycles. The van der Waals surface area contributed by atoms with Crippen molar-refractivity contribution in [2.24, 2.45) is 0 Å². The van der Waals surface area contributed by atoms with Crippen LogP contribution in [0.15, 0.2) is 59.5 Å². The van der Waals surface area contributed by atoms with Crippen LogP contribution in [0.2, 0.25) is 0 Å². The number of aryl methyl sites for hydroxylation is 1. The highest BCUT2D eigenvalue weighted by Crippen LogP contribution is 2.27.